The fourth-order valence-corrected chi connectivity index (χ4v) is 2.26. The van der Waals surface area contributed by atoms with Crippen molar-refractivity contribution in [3.63, 3.8) is 0 Å². The molecule has 0 aliphatic carbocycles. The highest BCUT2D eigenvalue weighted by molar-refractivity contribution is 5.29. The molecule has 0 saturated heterocycles. The summed E-state index contributed by atoms with van der Waals surface area (Å²) in [6.45, 7) is 5.64. The van der Waals surface area contributed by atoms with Crippen LogP contribution in [-0.4, -0.2) is 6.04 Å². The Morgan fingerprint density at radius 2 is 2.00 bits per heavy atom. The molecule has 0 fully saturated rings. The van der Waals surface area contributed by atoms with Crippen LogP contribution >= 0.6 is 0 Å². The molecule has 1 nitrogen and oxygen atoms in total. The van der Waals surface area contributed by atoms with Gasteiger partial charge in [0.2, 0.25) is 0 Å². The van der Waals surface area contributed by atoms with E-state index in [-0.39, 0.29) is 0 Å². The first-order chi connectivity index (χ1) is 6.75. The van der Waals surface area contributed by atoms with E-state index in [1.807, 2.05) is 0 Å². The Morgan fingerprint density at radius 3 is 2.71 bits per heavy atom. The molecule has 0 spiro atoms. The van der Waals surface area contributed by atoms with Crippen molar-refractivity contribution in [1.82, 2.24) is 5.32 Å². The van der Waals surface area contributed by atoms with E-state index in [1.54, 1.807) is 0 Å². The molecule has 0 amide bonds. The maximum atomic E-state index is 3.61. The van der Waals surface area contributed by atoms with Crippen molar-refractivity contribution >= 4 is 0 Å². The zero-order valence-electron chi connectivity index (χ0n) is 9.09. The standard InChI is InChI=1S/C13H19N/c1-10(2)7-13-8-11-5-3-4-6-12(11)9-14-13/h3-6,10,13-14H,7-9H2,1-2H3/t13-/m1/s1. The van der Waals surface area contributed by atoms with Crippen molar-refractivity contribution in [3.05, 3.63) is 35.4 Å². The van der Waals surface area contributed by atoms with Gasteiger partial charge >= 0.3 is 0 Å². The van der Waals surface area contributed by atoms with Crippen molar-refractivity contribution in [2.75, 3.05) is 0 Å². The highest BCUT2D eigenvalue weighted by atomic mass is 14.9. The Hall–Kier alpha value is -0.820. The SMILES string of the molecule is CC(C)C[C@@H]1Cc2ccccc2CN1. The van der Waals surface area contributed by atoms with Gasteiger partial charge in [-0.25, -0.2) is 0 Å². The van der Waals surface area contributed by atoms with Crippen LogP contribution in [0, 0.1) is 5.92 Å². The monoisotopic (exact) mass is 189 g/mol. The van der Waals surface area contributed by atoms with E-state index in [0.717, 1.165) is 12.5 Å². The van der Waals surface area contributed by atoms with Crippen LogP contribution in [-0.2, 0) is 13.0 Å². The summed E-state index contributed by atoms with van der Waals surface area (Å²) in [6, 6.07) is 9.46. The van der Waals surface area contributed by atoms with Crippen molar-refractivity contribution < 1.29 is 0 Å². The molecule has 1 aliphatic rings. The Morgan fingerprint density at radius 1 is 1.29 bits per heavy atom. The normalized spacial score (nSPS) is 20.9. The topological polar surface area (TPSA) is 12.0 Å². The summed E-state index contributed by atoms with van der Waals surface area (Å²) >= 11 is 0. The summed E-state index contributed by atoms with van der Waals surface area (Å²) in [5.41, 5.74) is 3.02. The number of nitrogens with one attached hydrogen (secondary N) is 1. The molecular weight excluding hydrogens is 170 g/mol. The van der Waals surface area contributed by atoms with Gasteiger partial charge in [-0.1, -0.05) is 38.1 Å². The summed E-state index contributed by atoms with van der Waals surface area (Å²) < 4.78 is 0. The number of fused-ring (bicyclic) bond motifs is 1. The fraction of sp³-hybridized carbons (Fsp3) is 0.538. The lowest BCUT2D eigenvalue weighted by Gasteiger charge is -2.27. The van der Waals surface area contributed by atoms with Gasteiger partial charge in [0.05, 0.1) is 0 Å². The highest BCUT2D eigenvalue weighted by Gasteiger charge is 2.17. The van der Waals surface area contributed by atoms with Gasteiger partial charge in [-0.3, -0.25) is 0 Å². The minimum absolute atomic E-state index is 0.685. The Balaban J connectivity index is 2.06. The summed E-state index contributed by atoms with van der Waals surface area (Å²) in [6.07, 6.45) is 2.49. The molecule has 1 heteroatoms. The molecule has 76 valence electrons. The van der Waals surface area contributed by atoms with Crippen LogP contribution in [0.5, 0.6) is 0 Å². The molecule has 14 heavy (non-hydrogen) atoms. The average Bonchev–Trinajstić information content (AvgIpc) is 2.17. The van der Waals surface area contributed by atoms with Crippen LogP contribution in [0.3, 0.4) is 0 Å². The largest absolute Gasteiger partial charge is 0.310 e. The lowest BCUT2D eigenvalue weighted by Crippen LogP contribution is -2.36. The molecule has 0 aromatic heterocycles. The van der Waals surface area contributed by atoms with E-state index in [0.29, 0.717) is 6.04 Å². The molecule has 2 rings (SSSR count). The van der Waals surface area contributed by atoms with Gasteiger partial charge in [0.15, 0.2) is 0 Å². The molecule has 1 aromatic carbocycles. The first-order valence-corrected chi connectivity index (χ1v) is 5.56. The van der Waals surface area contributed by atoms with Crippen LogP contribution < -0.4 is 5.32 Å². The van der Waals surface area contributed by atoms with Crippen molar-refractivity contribution in [1.29, 1.82) is 0 Å². The van der Waals surface area contributed by atoms with Gasteiger partial charge in [-0.05, 0) is 29.9 Å². The Bertz CT molecular complexity index is 304. The molecular formula is C13H19N. The molecule has 0 bridgehead atoms. The molecule has 1 atom stereocenters. The summed E-state index contributed by atoms with van der Waals surface area (Å²) in [5, 5.41) is 3.61. The molecule has 0 radical (unpaired) electrons. The number of benzene rings is 1. The van der Waals surface area contributed by atoms with Crippen LogP contribution in [0.4, 0.5) is 0 Å². The lowest BCUT2D eigenvalue weighted by molar-refractivity contribution is 0.398. The highest BCUT2D eigenvalue weighted by Crippen LogP contribution is 2.19. The molecule has 0 unspecified atom stereocenters. The number of hydrogen-bond acceptors (Lipinski definition) is 1. The Kier molecular flexibility index (Phi) is 2.87. The van der Waals surface area contributed by atoms with Crippen LogP contribution in [0.25, 0.3) is 0 Å². The van der Waals surface area contributed by atoms with Crippen LogP contribution in [0.1, 0.15) is 31.4 Å². The van der Waals surface area contributed by atoms with E-state index in [2.05, 4.69) is 43.4 Å². The first-order valence-electron chi connectivity index (χ1n) is 5.56. The Labute approximate surface area is 86.5 Å². The van der Waals surface area contributed by atoms with E-state index in [4.69, 9.17) is 0 Å². The van der Waals surface area contributed by atoms with Gasteiger partial charge in [0.25, 0.3) is 0 Å². The second-order valence-electron chi connectivity index (χ2n) is 4.68. The second-order valence-corrected chi connectivity index (χ2v) is 4.68. The van der Waals surface area contributed by atoms with E-state index >= 15 is 0 Å². The third kappa shape index (κ3) is 2.16. The predicted octanol–water partition coefficient (Wildman–Crippen LogP) is 2.75. The van der Waals surface area contributed by atoms with E-state index < -0.39 is 0 Å². The van der Waals surface area contributed by atoms with Gasteiger partial charge in [0, 0.05) is 12.6 Å². The molecule has 1 aliphatic heterocycles. The lowest BCUT2D eigenvalue weighted by atomic mass is 9.91. The zero-order chi connectivity index (χ0) is 9.97. The third-order valence-corrected chi connectivity index (χ3v) is 2.92. The summed E-state index contributed by atoms with van der Waals surface area (Å²) in [4.78, 5) is 0. The average molecular weight is 189 g/mol. The van der Waals surface area contributed by atoms with Gasteiger partial charge in [0.1, 0.15) is 0 Å². The van der Waals surface area contributed by atoms with Gasteiger partial charge in [-0.2, -0.15) is 0 Å². The number of rotatable bonds is 2. The third-order valence-electron chi connectivity index (χ3n) is 2.92. The number of hydrogen-bond donors (Lipinski definition) is 1. The maximum absolute atomic E-state index is 3.61. The van der Waals surface area contributed by atoms with Crippen molar-refractivity contribution in [3.8, 4) is 0 Å². The minimum Gasteiger partial charge on any atom is -0.310 e. The zero-order valence-corrected chi connectivity index (χ0v) is 9.09. The van der Waals surface area contributed by atoms with Crippen molar-refractivity contribution in [2.24, 2.45) is 5.92 Å². The minimum atomic E-state index is 0.685. The predicted molar refractivity (Wildman–Crippen MR) is 60.2 cm³/mol. The first kappa shape index (κ1) is 9.72. The maximum Gasteiger partial charge on any atom is 0.0210 e. The molecule has 1 heterocycles. The van der Waals surface area contributed by atoms with Crippen molar-refractivity contribution in [2.45, 2.75) is 39.3 Å². The van der Waals surface area contributed by atoms with Crippen LogP contribution in [0.15, 0.2) is 24.3 Å². The quantitative estimate of drug-likeness (QED) is 0.754. The van der Waals surface area contributed by atoms with Gasteiger partial charge in [-0.15, -0.1) is 0 Å². The van der Waals surface area contributed by atoms with Gasteiger partial charge < -0.3 is 5.32 Å². The smallest absolute Gasteiger partial charge is 0.0210 e. The summed E-state index contributed by atoms with van der Waals surface area (Å²) in [5.74, 6) is 0.790. The van der Waals surface area contributed by atoms with E-state index in [9.17, 15) is 0 Å². The molecule has 0 saturated carbocycles. The molecule has 1 aromatic rings. The summed E-state index contributed by atoms with van der Waals surface area (Å²) in [7, 11) is 0. The van der Waals surface area contributed by atoms with E-state index in [1.165, 1.54) is 24.0 Å². The fourth-order valence-electron chi connectivity index (χ4n) is 2.26. The van der Waals surface area contributed by atoms with Crippen LogP contribution in [0.2, 0.25) is 0 Å². The molecule has 1 N–H and O–H groups in total. The second kappa shape index (κ2) is 4.14.